The Morgan fingerprint density at radius 2 is 0.871 bits per heavy atom. The molecule has 0 fully saturated rings. The van der Waals surface area contributed by atoms with Crippen LogP contribution >= 0.6 is 0 Å². The van der Waals surface area contributed by atoms with Gasteiger partial charge in [-0.05, 0) is 68.9 Å². The van der Waals surface area contributed by atoms with E-state index < -0.39 is 0 Å². The maximum atomic E-state index is 6.99. The van der Waals surface area contributed by atoms with E-state index in [9.17, 15) is 0 Å². The monoisotopic (exact) mass is 790 g/mol. The molecule has 5 nitrogen and oxygen atoms in total. The summed E-state index contributed by atoms with van der Waals surface area (Å²) in [4.78, 5) is 15.7. The van der Waals surface area contributed by atoms with Crippen molar-refractivity contribution in [3.63, 3.8) is 0 Å². The van der Waals surface area contributed by atoms with Crippen LogP contribution in [0.4, 0.5) is 0 Å². The first kappa shape index (κ1) is 34.5. The lowest BCUT2D eigenvalue weighted by atomic mass is 9.96. The van der Waals surface area contributed by atoms with Gasteiger partial charge in [0.25, 0.3) is 0 Å². The number of fused-ring (bicyclic) bond motifs is 12. The van der Waals surface area contributed by atoms with Crippen molar-refractivity contribution >= 4 is 76.1 Å². The SMILES string of the molecule is c1ccc(-c2nc(-c3ccc4c(c3)c3c5ccccc5c5ccccc5c3n4-c3ccccc3)nc(-c3cccc4c3oc3c(-c5cccc6ccccc56)cccc34)n2)cc1. The Balaban J connectivity index is 1.07. The zero-order valence-electron chi connectivity index (χ0n) is 33.3. The number of hydrogen-bond acceptors (Lipinski definition) is 4. The smallest absolute Gasteiger partial charge is 0.167 e. The van der Waals surface area contributed by atoms with Crippen LogP contribution in [0.25, 0.3) is 127 Å². The second-order valence-electron chi connectivity index (χ2n) is 15.9. The highest BCUT2D eigenvalue weighted by Crippen LogP contribution is 2.44. The maximum absolute atomic E-state index is 6.99. The molecule has 0 aliphatic heterocycles. The van der Waals surface area contributed by atoms with Gasteiger partial charge in [-0.2, -0.15) is 0 Å². The summed E-state index contributed by atoms with van der Waals surface area (Å²) in [5.41, 5.74) is 9.78. The molecule has 0 saturated carbocycles. The molecule has 3 heterocycles. The summed E-state index contributed by atoms with van der Waals surface area (Å²) in [7, 11) is 0. The highest BCUT2D eigenvalue weighted by atomic mass is 16.3. The summed E-state index contributed by atoms with van der Waals surface area (Å²) in [6.45, 7) is 0. The fourth-order valence-electron chi connectivity index (χ4n) is 9.67. The zero-order valence-corrected chi connectivity index (χ0v) is 33.3. The highest BCUT2D eigenvalue weighted by molar-refractivity contribution is 6.32. The van der Waals surface area contributed by atoms with E-state index in [0.717, 1.165) is 66.3 Å². The van der Waals surface area contributed by atoms with Crippen molar-refractivity contribution in [2.75, 3.05) is 0 Å². The number of benzene rings is 10. The minimum Gasteiger partial charge on any atom is -0.455 e. The van der Waals surface area contributed by atoms with Crippen LogP contribution in [0.15, 0.2) is 211 Å². The Morgan fingerprint density at radius 3 is 1.65 bits per heavy atom. The number of hydrogen-bond donors (Lipinski definition) is 0. The molecular formula is C57H34N4O. The Labute approximate surface area is 355 Å². The lowest BCUT2D eigenvalue weighted by Crippen LogP contribution is -2.00. The van der Waals surface area contributed by atoms with Crippen molar-refractivity contribution in [3.8, 4) is 51.0 Å². The van der Waals surface area contributed by atoms with Gasteiger partial charge >= 0.3 is 0 Å². The number of para-hydroxylation sites is 3. The molecule has 0 unspecified atom stereocenters. The first-order valence-electron chi connectivity index (χ1n) is 20.9. The molecule has 0 bridgehead atoms. The van der Waals surface area contributed by atoms with Crippen molar-refractivity contribution in [3.05, 3.63) is 206 Å². The second-order valence-corrected chi connectivity index (χ2v) is 15.9. The van der Waals surface area contributed by atoms with E-state index in [0.29, 0.717) is 17.5 Å². The molecule has 0 saturated heterocycles. The van der Waals surface area contributed by atoms with Gasteiger partial charge in [0, 0.05) is 49.3 Å². The number of rotatable bonds is 5. The van der Waals surface area contributed by atoms with Crippen LogP contribution in [0.1, 0.15) is 0 Å². The molecule has 5 heteroatoms. The highest BCUT2D eigenvalue weighted by Gasteiger charge is 2.23. The standard InChI is InChI=1S/C57H34N4O/c1-3-17-36(18-4-1)55-58-56(60-57(59-55)48-31-15-30-47-46-29-14-28-45(53(46)62-54(47)48)40-27-13-19-35-16-7-8-22-39(35)40)37-32-33-50-49(34-37)51-43-25-11-9-23-41(43)42-24-10-12-26-44(42)52(51)61(50)38-20-5-2-6-21-38/h1-34H. The average Bonchev–Trinajstić information content (AvgIpc) is 3.91. The largest absolute Gasteiger partial charge is 0.455 e. The average molecular weight is 791 g/mol. The van der Waals surface area contributed by atoms with Gasteiger partial charge in [0.05, 0.1) is 16.6 Å². The minimum absolute atomic E-state index is 0.550. The van der Waals surface area contributed by atoms with Crippen LogP contribution in [0, 0.1) is 0 Å². The molecule has 0 N–H and O–H groups in total. The van der Waals surface area contributed by atoms with Crippen molar-refractivity contribution in [2.24, 2.45) is 0 Å². The fourth-order valence-corrected chi connectivity index (χ4v) is 9.67. The molecule has 13 aromatic rings. The summed E-state index contributed by atoms with van der Waals surface area (Å²) in [5, 5.41) is 11.6. The van der Waals surface area contributed by atoms with Crippen LogP contribution in [0.5, 0.6) is 0 Å². The molecule has 13 rings (SSSR count). The molecule has 3 aromatic heterocycles. The molecule has 0 aliphatic carbocycles. The zero-order chi connectivity index (χ0) is 40.7. The van der Waals surface area contributed by atoms with Gasteiger partial charge in [-0.1, -0.05) is 170 Å². The number of nitrogens with zero attached hydrogens (tertiary/aromatic N) is 4. The van der Waals surface area contributed by atoms with E-state index >= 15 is 0 Å². The summed E-state index contributed by atoms with van der Waals surface area (Å²) in [6.07, 6.45) is 0. The van der Waals surface area contributed by atoms with Crippen LogP contribution in [0.3, 0.4) is 0 Å². The van der Waals surface area contributed by atoms with Gasteiger partial charge in [-0.25, -0.2) is 15.0 Å². The first-order valence-corrected chi connectivity index (χ1v) is 20.9. The molecule has 0 atom stereocenters. The molecule has 10 aromatic carbocycles. The normalized spacial score (nSPS) is 11.9. The second kappa shape index (κ2) is 13.6. The minimum atomic E-state index is 0.550. The van der Waals surface area contributed by atoms with Gasteiger partial charge < -0.3 is 8.98 Å². The van der Waals surface area contributed by atoms with Gasteiger partial charge in [0.2, 0.25) is 0 Å². The van der Waals surface area contributed by atoms with Crippen molar-refractivity contribution < 1.29 is 4.42 Å². The van der Waals surface area contributed by atoms with E-state index in [1.165, 1.54) is 43.2 Å². The van der Waals surface area contributed by atoms with Gasteiger partial charge in [0.1, 0.15) is 11.2 Å². The maximum Gasteiger partial charge on any atom is 0.167 e. The number of aromatic nitrogens is 4. The predicted molar refractivity (Wildman–Crippen MR) is 256 cm³/mol. The summed E-state index contributed by atoms with van der Waals surface area (Å²) < 4.78 is 9.40. The Kier molecular flexibility index (Phi) is 7.54. The summed E-state index contributed by atoms with van der Waals surface area (Å²) in [5.74, 6) is 1.73. The summed E-state index contributed by atoms with van der Waals surface area (Å²) >= 11 is 0. The number of furan rings is 1. The van der Waals surface area contributed by atoms with E-state index in [1.54, 1.807) is 0 Å². The molecule has 0 aliphatic rings. The van der Waals surface area contributed by atoms with Crippen molar-refractivity contribution in [1.82, 2.24) is 19.5 Å². The third kappa shape index (κ3) is 5.18. The van der Waals surface area contributed by atoms with Gasteiger partial charge in [0.15, 0.2) is 17.5 Å². The molecule has 0 amide bonds. The molecule has 0 radical (unpaired) electrons. The van der Waals surface area contributed by atoms with E-state index in [-0.39, 0.29) is 0 Å². The third-order valence-electron chi connectivity index (χ3n) is 12.4. The molecule has 62 heavy (non-hydrogen) atoms. The first-order chi connectivity index (χ1) is 30.8. The van der Waals surface area contributed by atoms with Crippen molar-refractivity contribution in [2.45, 2.75) is 0 Å². The van der Waals surface area contributed by atoms with Crippen LogP contribution in [-0.4, -0.2) is 19.5 Å². The Bertz CT molecular complexity index is 3920. The molecule has 288 valence electrons. The van der Waals surface area contributed by atoms with Gasteiger partial charge in [-0.3, -0.25) is 0 Å². The van der Waals surface area contributed by atoms with E-state index in [2.05, 4.69) is 193 Å². The van der Waals surface area contributed by atoms with Crippen LogP contribution in [0.2, 0.25) is 0 Å². The topological polar surface area (TPSA) is 56.7 Å². The van der Waals surface area contributed by atoms with Crippen LogP contribution in [-0.2, 0) is 0 Å². The third-order valence-corrected chi connectivity index (χ3v) is 12.4. The quantitative estimate of drug-likeness (QED) is 0.163. The van der Waals surface area contributed by atoms with Gasteiger partial charge in [-0.15, -0.1) is 0 Å². The van der Waals surface area contributed by atoms with Crippen LogP contribution < -0.4 is 0 Å². The Morgan fingerprint density at radius 1 is 0.339 bits per heavy atom. The Hall–Kier alpha value is -8.41. The predicted octanol–water partition coefficient (Wildman–Crippen LogP) is 15.0. The molecule has 0 spiro atoms. The van der Waals surface area contributed by atoms with Crippen molar-refractivity contribution in [1.29, 1.82) is 0 Å². The molecular weight excluding hydrogens is 757 g/mol. The lowest BCUT2D eigenvalue weighted by molar-refractivity contribution is 0.670. The van der Waals surface area contributed by atoms with E-state index in [1.807, 2.05) is 18.2 Å². The fraction of sp³-hybridized carbons (Fsp3) is 0. The summed E-state index contributed by atoms with van der Waals surface area (Å²) in [6, 6.07) is 72.6. The van der Waals surface area contributed by atoms with E-state index in [4.69, 9.17) is 19.4 Å². The lowest BCUT2D eigenvalue weighted by Gasteiger charge is -2.12.